The van der Waals surface area contributed by atoms with Crippen LogP contribution in [0.5, 0.6) is 0 Å². The van der Waals surface area contributed by atoms with Crippen molar-refractivity contribution in [3.63, 3.8) is 0 Å². The molecule has 0 atom stereocenters. The summed E-state index contributed by atoms with van der Waals surface area (Å²) in [5.41, 5.74) is 0.636. The van der Waals surface area contributed by atoms with Gasteiger partial charge in [-0.25, -0.2) is 26.7 Å². The van der Waals surface area contributed by atoms with Crippen LogP contribution in [0.2, 0.25) is 0 Å². The molecule has 0 amide bonds. The van der Waals surface area contributed by atoms with Crippen molar-refractivity contribution in [2.75, 3.05) is 19.0 Å². The van der Waals surface area contributed by atoms with Crippen molar-refractivity contribution < 1.29 is 21.6 Å². The Morgan fingerprint density at radius 2 is 1.75 bits per heavy atom. The number of hydrogen-bond donors (Lipinski definition) is 2. The first kappa shape index (κ1) is 17.1. The molecular weight excluding hydrogens is 304 g/mol. The summed E-state index contributed by atoms with van der Waals surface area (Å²) in [5.74, 6) is -0.115. The van der Waals surface area contributed by atoms with E-state index < -0.39 is 20.0 Å². The smallest absolute Gasteiger partial charge is 0.238 e. The average Bonchev–Trinajstić information content (AvgIpc) is 2.36. The summed E-state index contributed by atoms with van der Waals surface area (Å²) in [5, 5.41) is 4.96. The second-order valence-electron chi connectivity index (χ2n) is 4.03. The molecule has 3 N–H and O–H groups in total. The molecule has 20 heavy (non-hydrogen) atoms. The van der Waals surface area contributed by atoms with Crippen LogP contribution >= 0.6 is 0 Å². The Labute approximate surface area is 119 Å². The Morgan fingerprint density at radius 3 is 2.25 bits per heavy atom. The van der Waals surface area contributed by atoms with Crippen molar-refractivity contribution in [1.29, 1.82) is 0 Å². The Kier molecular flexibility index (Phi) is 6.08. The molecule has 9 heteroatoms. The van der Waals surface area contributed by atoms with Crippen molar-refractivity contribution in [1.82, 2.24) is 4.72 Å². The lowest BCUT2D eigenvalue weighted by Gasteiger charge is -2.07. The minimum absolute atomic E-state index is 0.0135. The monoisotopic (exact) mass is 322 g/mol. The highest BCUT2D eigenvalue weighted by atomic mass is 32.2. The summed E-state index contributed by atoms with van der Waals surface area (Å²) in [6.45, 7) is 2.47. The Balaban J connectivity index is 2.58. The standard InChI is InChI=1S/C11H18N2O5S2/c1-2-18-7-8-19(14,15)13-9-10-3-5-11(6-4-10)20(12,16)17/h3-6,13H,2,7-9H2,1H3,(H2,12,16,17). The van der Waals surface area contributed by atoms with E-state index in [1.165, 1.54) is 24.3 Å². The van der Waals surface area contributed by atoms with Crippen LogP contribution in [0.15, 0.2) is 29.2 Å². The van der Waals surface area contributed by atoms with E-state index in [4.69, 9.17) is 9.88 Å². The Hall–Kier alpha value is -1.00. The largest absolute Gasteiger partial charge is 0.381 e. The molecule has 114 valence electrons. The lowest BCUT2D eigenvalue weighted by Crippen LogP contribution is -2.28. The first-order valence-electron chi connectivity index (χ1n) is 5.91. The van der Waals surface area contributed by atoms with E-state index in [1.807, 2.05) is 0 Å². The molecular formula is C11H18N2O5S2. The molecule has 1 rings (SSSR count). The second kappa shape index (κ2) is 7.14. The predicted molar refractivity (Wildman–Crippen MR) is 74.9 cm³/mol. The van der Waals surface area contributed by atoms with Crippen molar-refractivity contribution in [3.8, 4) is 0 Å². The molecule has 0 spiro atoms. The van der Waals surface area contributed by atoms with Crippen LogP contribution in [0.4, 0.5) is 0 Å². The van der Waals surface area contributed by atoms with Crippen LogP contribution in [0.3, 0.4) is 0 Å². The molecule has 0 saturated carbocycles. The van der Waals surface area contributed by atoms with Crippen LogP contribution in [-0.2, 0) is 31.3 Å². The SMILES string of the molecule is CCOCCS(=O)(=O)NCc1ccc(S(N)(=O)=O)cc1. The minimum Gasteiger partial charge on any atom is -0.381 e. The lowest BCUT2D eigenvalue weighted by molar-refractivity contribution is 0.163. The molecule has 0 unspecified atom stereocenters. The quantitative estimate of drug-likeness (QED) is 0.643. The van der Waals surface area contributed by atoms with Gasteiger partial charge in [-0.15, -0.1) is 0 Å². The van der Waals surface area contributed by atoms with E-state index in [1.54, 1.807) is 6.92 Å². The van der Waals surface area contributed by atoms with Gasteiger partial charge in [0.2, 0.25) is 20.0 Å². The van der Waals surface area contributed by atoms with Crippen LogP contribution in [0.25, 0.3) is 0 Å². The van der Waals surface area contributed by atoms with E-state index in [0.29, 0.717) is 12.2 Å². The van der Waals surface area contributed by atoms with Crippen LogP contribution < -0.4 is 9.86 Å². The molecule has 0 heterocycles. The third kappa shape index (κ3) is 5.97. The second-order valence-corrected chi connectivity index (χ2v) is 7.51. The summed E-state index contributed by atoms with van der Waals surface area (Å²) >= 11 is 0. The molecule has 0 fully saturated rings. The Morgan fingerprint density at radius 1 is 1.15 bits per heavy atom. The van der Waals surface area contributed by atoms with Gasteiger partial charge in [-0.3, -0.25) is 0 Å². The predicted octanol–water partition coefficient (Wildman–Crippen LogP) is -0.210. The summed E-state index contributed by atoms with van der Waals surface area (Å²) < 4.78 is 52.7. The van der Waals surface area contributed by atoms with Crippen molar-refractivity contribution in [3.05, 3.63) is 29.8 Å². The first-order valence-corrected chi connectivity index (χ1v) is 9.11. The number of hydrogen-bond acceptors (Lipinski definition) is 5. The van der Waals surface area contributed by atoms with Crippen LogP contribution in [-0.4, -0.2) is 35.8 Å². The molecule has 0 saturated heterocycles. The normalized spacial score (nSPS) is 12.5. The van der Waals surface area contributed by atoms with E-state index in [-0.39, 0.29) is 23.8 Å². The van der Waals surface area contributed by atoms with Crippen molar-refractivity contribution in [2.45, 2.75) is 18.4 Å². The number of benzene rings is 1. The van der Waals surface area contributed by atoms with E-state index in [0.717, 1.165) is 0 Å². The van der Waals surface area contributed by atoms with Gasteiger partial charge >= 0.3 is 0 Å². The number of ether oxygens (including phenoxy) is 1. The summed E-state index contributed by atoms with van der Waals surface area (Å²) in [7, 11) is -7.14. The number of sulfonamides is 2. The Bertz CT molecular complexity index is 623. The maximum Gasteiger partial charge on any atom is 0.238 e. The van der Waals surface area contributed by atoms with Gasteiger partial charge in [0.15, 0.2) is 0 Å². The van der Waals surface area contributed by atoms with Crippen LogP contribution in [0, 0.1) is 0 Å². The summed E-state index contributed by atoms with van der Waals surface area (Å²) in [4.78, 5) is -0.0135. The summed E-state index contributed by atoms with van der Waals surface area (Å²) in [6, 6.07) is 5.67. The topological polar surface area (TPSA) is 116 Å². The molecule has 1 aromatic rings. The fourth-order valence-corrected chi connectivity index (χ4v) is 2.76. The maximum atomic E-state index is 11.6. The van der Waals surface area contributed by atoms with Gasteiger partial charge in [0.1, 0.15) is 0 Å². The molecule has 0 aliphatic heterocycles. The molecule has 0 radical (unpaired) electrons. The highest BCUT2D eigenvalue weighted by molar-refractivity contribution is 7.89. The van der Waals surface area contributed by atoms with Gasteiger partial charge in [-0.05, 0) is 24.6 Å². The van der Waals surface area contributed by atoms with Gasteiger partial charge in [0, 0.05) is 13.2 Å². The number of rotatable bonds is 8. The first-order chi connectivity index (χ1) is 9.24. The maximum absolute atomic E-state index is 11.6. The fraction of sp³-hybridized carbons (Fsp3) is 0.455. The lowest BCUT2D eigenvalue weighted by atomic mass is 10.2. The number of primary sulfonamides is 1. The van der Waals surface area contributed by atoms with Gasteiger partial charge in [-0.2, -0.15) is 0 Å². The molecule has 0 aliphatic rings. The average molecular weight is 322 g/mol. The van der Waals surface area contributed by atoms with Gasteiger partial charge in [0.05, 0.1) is 17.3 Å². The highest BCUT2D eigenvalue weighted by Gasteiger charge is 2.10. The molecule has 7 nitrogen and oxygen atoms in total. The van der Waals surface area contributed by atoms with Gasteiger partial charge in [-0.1, -0.05) is 12.1 Å². The molecule has 1 aromatic carbocycles. The number of nitrogens with one attached hydrogen (secondary N) is 1. The van der Waals surface area contributed by atoms with Gasteiger partial charge in [0.25, 0.3) is 0 Å². The zero-order valence-electron chi connectivity index (χ0n) is 11.1. The molecule has 0 aliphatic carbocycles. The molecule has 0 aromatic heterocycles. The van der Waals surface area contributed by atoms with Crippen molar-refractivity contribution in [2.24, 2.45) is 5.14 Å². The number of nitrogens with two attached hydrogens (primary N) is 1. The zero-order chi connectivity index (χ0) is 15.2. The third-order valence-corrected chi connectivity index (χ3v) is 4.67. The summed E-state index contributed by atoms with van der Waals surface area (Å²) in [6.07, 6.45) is 0. The fourth-order valence-electron chi connectivity index (χ4n) is 1.38. The van der Waals surface area contributed by atoms with Crippen LogP contribution in [0.1, 0.15) is 12.5 Å². The van der Waals surface area contributed by atoms with E-state index >= 15 is 0 Å². The molecule has 0 bridgehead atoms. The zero-order valence-corrected chi connectivity index (χ0v) is 12.7. The van der Waals surface area contributed by atoms with E-state index in [2.05, 4.69) is 4.72 Å². The minimum atomic E-state index is -3.73. The van der Waals surface area contributed by atoms with Crippen molar-refractivity contribution >= 4 is 20.0 Å². The van der Waals surface area contributed by atoms with E-state index in [9.17, 15) is 16.8 Å². The van der Waals surface area contributed by atoms with Gasteiger partial charge < -0.3 is 4.74 Å². The third-order valence-electron chi connectivity index (χ3n) is 2.45. The highest BCUT2D eigenvalue weighted by Crippen LogP contribution is 2.08.